The van der Waals surface area contributed by atoms with Gasteiger partial charge in [-0.2, -0.15) is 0 Å². The van der Waals surface area contributed by atoms with Gasteiger partial charge in [0.05, 0.1) is 10.2 Å². The maximum atomic E-state index is 12.5. The Bertz CT molecular complexity index is 1310. The van der Waals surface area contributed by atoms with E-state index in [1.807, 2.05) is 60.7 Å². The second-order valence-corrected chi connectivity index (χ2v) is 9.55. The molecule has 0 atom stereocenters. The molecule has 4 aromatic carbocycles. The first-order chi connectivity index (χ1) is 16.0. The Morgan fingerprint density at radius 2 is 1.70 bits per heavy atom. The lowest BCUT2D eigenvalue weighted by atomic mass is 10.0. The van der Waals surface area contributed by atoms with E-state index in [0.29, 0.717) is 27.0 Å². The van der Waals surface area contributed by atoms with Crippen molar-refractivity contribution in [3.05, 3.63) is 121 Å². The van der Waals surface area contributed by atoms with E-state index in [9.17, 15) is 9.90 Å². The summed E-state index contributed by atoms with van der Waals surface area (Å²) in [5.74, 6) is -0.0403. The molecule has 2 N–H and O–H groups in total. The van der Waals surface area contributed by atoms with Crippen LogP contribution in [0, 0.1) is 3.57 Å². The average Bonchev–Trinajstić information content (AvgIpc) is 2.82. The third-order valence-electron chi connectivity index (χ3n) is 4.97. The lowest BCUT2D eigenvalue weighted by molar-refractivity contribution is 0.102. The number of phenolic OH excluding ortho intramolecular Hbond substituents is 1. The molecule has 0 spiro atoms. The Hall–Kier alpha value is -2.97. The molecular formula is C27H20BrIN2O2. The number of aliphatic imine (C=N–C) groups is 1. The van der Waals surface area contributed by atoms with Gasteiger partial charge >= 0.3 is 0 Å². The second kappa shape index (κ2) is 10.8. The highest BCUT2D eigenvalue weighted by Gasteiger charge is 2.09. The van der Waals surface area contributed by atoms with Gasteiger partial charge in [0.1, 0.15) is 5.75 Å². The largest absolute Gasteiger partial charge is 0.506 e. The fourth-order valence-electron chi connectivity index (χ4n) is 3.32. The van der Waals surface area contributed by atoms with Crippen LogP contribution in [0.15, 0.2) is 100 Å². The monoisotopic (exact) mass is 610 g/mol. The highest BCUT2D eigenvalue weighted by molar-refractivity contribution is 14.1. The Morgan fingerprint density at radius 3 is 2.45 bits per heavy atom. The van der Waals surface area contributed by atoms with E-state index >= 15 is 0 Å². The summed E-state index contributed by atoms with van der Waals surface area (Å²) >= 11 is 5.65. The van der Waals surface area contributed by atoms with Crippen molar-refractivity contribution in [2.24, 2.45) is 4.99 Å². The van der Waals surface area contributed by atoms with Crippen LogP contribution in [0.5, 0.6) is 5.75 Å². The molecule has 4 rings (SSSR count). The molecule has 0 saturated heterocycles. The van der Waals surface area contributed by atoms with Crippen molar-refractivity contribution in [1.29, 1.82) is 0 Å². The summed E-state index contributed by atoms with van der Waals surface area (Å²) in [6.45, 7) is 0. The molecule has 0 aliphatic rings. The molecule has 0 fully saturated rings. The highest BCUT2D eigenvalue weighted by Crippen LogP contribution is 2.30. The molecule has 0 aliphatic carbocycles. The molecule has 1 amide bonds. The highest BCUT2D eigenvalue weighted by atomic mass is 127. The van der Waals surface area contributed by atoms with Gasteiger partial charge in [-0.25, -0.2) is 0 Å². The summed E-state index contributed by atoms with van der Waals surface area (Å²) in [7, 11) is 0. The van der Waals surface area contributed by atoms with Crippen molar-refractivity contribution >= 4 is 62.0 Å². The number of hydrogen-bond donors (Lipinski definition) is 2. The Kier molecular flexibility index (Phi) is 7.57. The van der Waals surface area contributed by atoms with E-state index < -0.39 is 0 Å². The zero-order chi connectivity index (χ0) is 23.2. The van der Waals surface area contributed by atoms with Crippen molar-refractivity contribution in [1.82, 2.24) is 0 Å². The SMILES string of the molecule is O=C(Nc1cccc(N=Cc2cc(Cc3ccccc3)cc(Br)c2O)c1)c1ccc(I)cc1. The first kappa shape index (κ1) is 23.2. The van der Waals surface area contributed by atoms with E-state index in [4.69, 9.17) is 0 Å². The Morgan fingerprint density at radius 1 is 0.939 bits per heavy atom. The molecule has 0 aliphatic heterocycles. The fourth-order valence-corrected chi connectivity index (χ4v) is 4.21. The molecular weight excluding hydrogens is 591 g/mol. The Balaban J connectivity index is 1.52. The number of aromatic hydroxyl groups is 1. The van der Waals surface area contributed by atoms with Gasteiger partial charge in [-0.15, -0.1) is 0 Å². The predicted molar refractivity (Wildman–Crippen MR) is 146 cm³/mol. The molecule has 0 radical (unpaired) electrons. The first-order valence-corrected chi connectivity index (χ1v) is 12.1. The topological polar surface area (TPSA) is 61.7 Å². The van der Waals surface area contributed by atoms with E-state index in [-0.39, 0.29) is 11.7 Å². The van der Waals surface area contributed by atoms with Gasteiger partial charge in [0, 0.05) is 26.6 Å². The number of hydrogen-bond acceptors (Lipinski definition) is 3. The molecule has 4 nitrogen and oxygen atoms in total. The fraction of sp³-hybridized carbons (Fsp3) is 0.0370. The van der Waals surface area contributed by atoms with Gasteiger partial charge in [0.2, 0.25) is 0 Å². The van der Waals surface area contributed by atoms with E-state index in [0.717, 1.165) is 15.6 Å². The van der Waals surface area contributed by atoms with Gasteiger partial charge in [-0.1, -0.05) is 36.4 Å². The number of rotatable bonds is 6. The number of anilines is 1. The summed E-state index contributed by atoms with van der Waals surface area (Å²) in [6, 6.07) is 28.7. The van der Waals surface area contributed by atoms with Gasteiger partial charge in [0.25, 0.3) is 5.91 Å². The van der Waals surface area contributed by atoms with Crippen LogP contribution >= 0.6 is 38.5 Å². The quantitative estimate of drug-likeness (QED) is 0.177. The molecule has 0 aromatic heterocycles. The molecule has 0 bridgehead atoms. The standard InChI is InChI=1S/C27H20BrIN2O2/c28-25-15-19(13-18-5-2-1-3-6-18)14-21(26(25)32)17-30-23-7-4-8-24(16-23)31-27(33)20-9-11-22(29)12-10-20/h1-12,14-17,32H,13H2,(H,31,33). The Labute approximate surface area is 214 Å². The van der Waals surface area contributed by atoms with Crippen LogP contribution in [0.1, 0.15) is 27.0 Å². The number of halogens is 2. The van der Waals surface area contributed by atoms with Crippen LogP contribution in [0.2, 0.25) is 0 Å². The zero-order valence-electron chi connectivity index (χ0n) is 17.5. The van der Waals surface area contributed by atoms with Gasteiger partial charge in [-0.05, 0) is 111 Å². The van der Waals surface area contributed by atoms with Crippen molar-refractivity contribution in [3.8, 4) is 5.75 Å². The molecule has 0 heterocycles. The number of carbonyl (C=O) groups excluding carboxylic acids is 1. The summed E-state index contributed by atoms with van der Waals surface area (Å²) in [5, 5.41) is 13.4. The van der Waals surface area contributed by atoms with Crippen LogP contribution in [0.25, 0.3) is 0 Å². The van der Waals surface area contributed by atoms with Gasteiger partial charge in [-0.3, -0.25) is 9.79 Å². The third kappa shape index (κ3) is 6.30. The summed E-state index contributed by atoms with van der Waals surface area (Å²) < 4.78 is 1.69. The minimum atomic E-state index is -0.178. The van der Waals surface area contributed by atoms with Crippen LogP contribution < -0.4 is 5.32 Å². The summed E-state index contributed by atoms with van der Waals surface area (Å²) in [4.78, 5) is 17.0. The summed E-state index contributed by atoms with van der Waals surface area (Å²) in [5.41, 5.74) is 4.77. The molecule has 6 heteroatoms. The van der Waals surface area contributed by atoms with Crippen LogP contribution in [0.3, 0.4) is 0 Å². The van der Waals surface area contributed by atoms with Crippen molar-refractivity contribution in [3.63, 3.8) is 0 Å². The van der Waals surface area contributed by atoms with Crippen molar-refractivity contribution in [2.45, 2.75) is 6.42 Å². The minimum Gasteiger partial charge on any atom is -0.506 e. The lowest BCUT2D eigenvalue weighted by Gasteiger charge is -2.08. The number of carbonyl (C=O) groups is 1. The summed E-state index contributed by atoms with van der Waals surface area (Å²) in [6.07, 6.45) is 2.38. The van der Waals surface area contributed by atoms with E-state index in [2.05, 4.69) is 61.0 Å². The normalized spacial score (nSPS) is 11.0. The number of amides is 1. The van der Waals surface area contributed by atoms with Crippen LogP contribution in [-0.2, 0) is 6.42 Å². The maximum Gasteiger partial charge on any atom is 0.255 e. The van der Waals surface area contributed by atoms with E-state index in [1.165, 1.54) is 5.56 Å². The first-order valence-electron chi connectivity index (χ1n) is 10.2. The molecule has 0 saturated carbocycles. The van der Waals surface area contributed by atoms with Crippen LogP contribution in [-0.4, -0.2) is 17.2 Å². The molecule has 4 aromatic rings. The molecule has 0 unspecified atom stereocenters. The van der Waals surface area contributed by atoms with Gasteiger partial charge < -0.3 is 10.4 Å². The van der Waals surface area contributed by atoms with Crippen molar-refractivity contribution < 1.29 is 9.90 Å². The molecule has 33 heavy (non-hydrogen) atoms. The van der Waals surface area contributed by atoms with Crippen molar-refractivity contribution in [2.75, 3.05) is 5.32 Å². The number of benzene rings is 4. The van der Waals surface area contributed by atoms with E-state index in [1.54, 1.807) is 24.4 Å². The average molecular weight is 611 g/mol. The maximum absolute atomic E-state index is 12.5. The second-order valence-electron chi connectivity index (χ2n) is 7.45. The van der Waals surface area contributed by atoms with Crippen LogP contribution in [0.4, 0.5) is 11.4 Å². The number of phenols is 1. The van der Waals surface area contributed by atoms with Gasteiger partial charge in [0.15, 0.2) is 0 Å². The number of nitrogens with one attached hydrogen (secondary N) is 1. The lowest BCUT2D eigenvalue weighted by Crippen LogP contribution is -2.11. The minimum absolute atomic E-state index is 0.138. The number of nitrogens with zero attached hydrogens (tertiary/aromatic N) is 1. The zero-order valence-corrected chi connectivity index (χ0v) is 21.2. The smallest absolute Gasteiger partial charge is 0.255 e. The predicted octanol–water partition coefficient (Wildman–Crippen LogP) is 7.35. The third-order valence-corrected chi connectivity index (χ3v) is 6.29. The molecule has 164 valence electrons.